The Morgan fingerprint density at radius 3 is 1.96 bits per heavy atom. The van der Waals surface area contributed by atoms with Crippen LogP contribution in [0.25, 0.3) is 32.7 Å². The molecule has 1 amide bonds. The number of phenols is 3. The second kappa shape index (κ2) is 14.8. The minimum atomic E-state index is -0.768. The fourth-order valence-electron chi connectivity index (χ4n) is 5.81. The van der Waals surface area contributed by atoms with Gasteiger partial charge in [0.25, 0.3) is 0 Å². The summed E-state index contributed by atoms with van der Waals surface area (Å²) in [6, 6.07) is 21.2. The lowest BCUT2D eigenvalue weighted by atomic mass is 10.1. The molecule has 0 aliphatic heterocycles. The zero-order valence-corrected chi connectivity index (χ0v) is 27.2. The zero-order valence-electron chi connectivity index (χ0n) is 27.2. The number of nitrogens with two attached hydrogens (primary N) is 1. The van der Waals surface area contributed by atoms with Crippen LogP contribution in [0.3, 0.4) is 0 Å². The van der Waals surface area contributed by atoms with E-state index in [1.165, 1.54) is 5.56 Å². The van der Waals surface area contributed by atoms with E-state index in [4.69, 9.17) is 15.2 Å². The predicted molar refractivity (Wildman–Crippen MR) is 191 cm³/mol. The highest BCUT2D eigenvalue weighted by Crippen LogP contribution is 2.36. The molecule has 7 aromatic rings. The number of benzene rings is 4. The van der Waals surface area contributed by atoms with Crippen LogP contribution in [0.5, 0.6) is 28.7 Å². The van der Waals surface area contributed by atoms with Crippen molar-refractivity contribution in [3.63, 3.8) is 0 Å². The molecule has 0 spiro atoms. The maximum absolute atomic E-state index is 12.3. The summed E-state index contributed by atoms with van der Waals surface area (Å²) in [4.78, 5) is 34.0. The number of phenolic OH excluding ortho intramolecular Hbond substituents is 3. The van der Waals surface area contributed by atoms with Gasteiger partial charge >= 0.3 is 5.97 Å². The van der Waals surface area contributed by atoms with E-state index in [0.29, 0.717) is 31.7 Å². The molecule has 0 unspecified atom stereocenters. The van der Waals surface area contributed by atoms with Crippen molar-refractivity contribution in [2.45, 2.75) is 19.3 Å². The quantitative estimate of drug-likeness (QED) is 0.0523. The SMILES string of the molecule is COc1ccc2[nH]cc(CCNC(=O)Cc3c[nH]c4ccccc34)c2c1.NCCc1c[nH]c2ccc(OC(=O)c3cc(O)c(O)c(O)c3)cc12. The Labute approximate surface area is 286 Å². The van der Waals surface area contributed by atoms with Crippen molar-refractivity contribution in [3.8, 4) is 28.7 Å². The number of para-hydroxylation sites is 1. The molecule has 0 aliphatic rings. The van der Waals surface area contributed by atoms with Crippen molar-refractivity contribution < 1.29 is 34.4 Å². The molecule has 0 radical (unpaired) electrons. The van der Waals surface area contributed by atoms with Gasteiger partial charge in [0.05, 0.1) is 19.1 Å². The molecule has 256 valence electrons. The summed E-state index contributed by atoms with van der Waals surface area (Å²) in [5, 5.41) is 34.4. The summed E-state index contributed by atoms with van der Waals surface area (Å²) >= 11 is 0. The van der Waals surface area contributed by atoms with E-state index in [9.17, 15) is 24.9 Å². The van der Waals surface area contributed by atoms with Gasteiger partial charge in [-0.25, -0.2) is 4.79 Å². The smallest absolute Gasteiger partial charge is 0.343 e. The highest BCUT2D eigenvalue weighted by Gasteiger charge is 2.16. The first-order valence-electron chi connectivity index (χ1n) is 16.0. The largest absolute Gasteiger partial charge is 0.504 e. The van der Waals surface area contributed by atoms with E-state index in [1.54, 1.807) is 25.3 Å². The van der Waals surface area contributed by atoms with Gasteiger partial charge in [0, 0.05) is 57.8 Å². The average molecular weight is 676 g/mol. The molecule has 0 saturated heterocycles. The lowest BCUT2D eigenvalue weighted by Gasteiger charge is -2.07. The first kappa shape index (κ1) is 33.5. The normalized spacial score (nSPS) is 11.0. The summed E-state index contributed by atoms with van der Waals surface area (Å²) in [5.74, 6) is -1.48. The highest BCUT2D eigenvalue weighted by atomic mass is 16.5. The van der Waals surface area contributed by atoms with Gasteiger partial charge in [-0.05, 0) is 90.7 Å². The summed E-state index contributed by atoms with van der Waals surface area (Å²) in [6.07, 6.45) is 7.61. The van der Waals surface area contributed by atoms with E-state index < -0.39 is 23.2 Å². The first-order chi connectivity index (χ1) is 24.2. The van der Waals surface area contributed by atoms with Crippen LogP contribution < -0.4 is 20.5 Å². The molecule has 50 heavy (non-hydrogen) atoms. The van der Waals surface area contributed by atoms with Gasteiger partial charge in [-0.2, -0.15) is 0 Å². The van der Waals surface area contributed by atoms with E-state index in [-0.39, 0.29) is 11.5 Å². The Balaban J connectivity index is 0.000000174. The third-order valence-electron chi connectivity index (χ3n) is 8.39. The second-order valence-corrected chi connectivity index (χ2v) is 11.7. The van der Waals surface area contributed by atoms with E-state index in [0.717, 1.165) is 68.1 Å². The average Bonchev–Trinajstić information content (AvgIpc) is 3.84. The Morgan fingerprint density at radius 2 is 1.30 bits per heavy atom. The Kier molecular flexibility index (Phi) is 9.91. The second-order valence-electron chi connectivity index (χ2n) is 11.7. The van der Waals surface area contributed by atoms with Crippen LogP contribution in [0, 0.1) is 0 Å². The first-order valence-corrected chi connectivity index (χ1v) is 16.0. The van der Waals surface area contributed by atoms with Gasteiger partial charge in [-0.15, -0.1) is 0 Å². The number of carbonyl (C=O) groups excluding carboxylic acids is 2. The summed E-state index contributed by atoms with van der Waals surface area (Å²) < 4.78 is 10.6. The number of amides is 1. The van der Waals surface area contributed by atoms with Crippen LogP contribution in [0.1, 0.15) is 27.0 Å². The number of ether oxygens (including phenoxy) is 2. The molecule has 0 bridgehead atoms. The van der Waals surface area contributed by atoms with Crippen molar-refractivity contribution in [1.29, 1.82) is 0 Å². The molecule has 0 saturated carbocycles. The summed E-state index contributed by atoms with van der Waals surface area (Å²) in [7, 11) is 1.67. The lowest BCUT2D eigenvalue weighted by Crippen LogP contribution is -2.27. The maximum Gasteiger partial charge on any atom is 0.343 e. The molecular weight excluding hydrogens is 638 g/mol. The number of aromatic amines is 3. The number of fused-ring (bicyclic) bond motifs is 3. The van der Waals surface area contributed by atoms with Crippen LogP contribution in [-0.2, 0) is 24.1 Å². The standard InChI is InChI=1S/C21H21N3O2.C17H16N2O5/c1-26-16-6-7-20-18(11-16)14(12-23-20)8-9-22-21(25)10-15-13-24-19-5-3-2-4-17(15)19;18-4-3-9-8-19-13-2-1-11(7-12(9)13)24-17(23)10-5-14(20)16(22)15(21)6-10/h2-7,11-13,23-24H,8-10H2,1H3,(H,22,25);1-2,5-8,19-22H,3-4,18H2. The van der Waals surface area contributed by atoms with Crippen LogP contribution in [0.15, 0.2) is 91.4 Å². The monoisotopic (exact) mass is 675 g/mol. The number of hydrogen-bond acceptors (Lipinski definition) is 8. The summed E-state index contributed by atoms with van der Waals surface area (Å²) in [5.41, 5.74) is 11.7. The Morgan fingerprint density at radius 1 is 0.720 bits per heavy atom. The topological polar surface area (TPSA) is 199 Å². The van der Waals surface area contributed by atoms with Crippen molar-refractivity contribution in [2.75, 3.05) is 20.2 Å². The van der Waals surface area contributed by atoms with Gasteiger partial charge in [0.15, 0.2) is 17.2 Å². The Bertz CT molecular complexity index is 2280. The number of rotatable bonds is 10. The van der Waals surface area contributed by atoms with E-state index in [2.05, 4.69) is 20.3 Å². The number of esters is 1. The number of aromatic nitrogens is 3. The summed E-state index contributed by atoms with van der Waals surface area (Å²) in [6.45, 7) is 1.11. The van der Waals surface area contributed by atoms with Crippen molar-refractivity contribution in [2.24, 2.45) is 5.73 Å². The van der Waals surface area contributed by atoms with Crippen LogP contribution >= 0.6 is 0 Å². The van der Waals surface area contributed by atoms with Crippen LogP contribution in [0.4, 0.5) is 0 Å². The molecule has 12 heteroatoms. The third kappa shape index (κ3) is 7.35. The van der Waals surface area contributed by atoms with Crippen LogP contribution in [0.2, 0.25) is 0 Å². The maximum atomic E-state index is 12.3. The van der Waals surface area contributed by atoms with Gasteiger partial charge in [-0.1, -0.05) is 18.2 Å². The Hall–Kier alpha value is -6.40. The number of hydrogen-bond donors (Lipinski definition) is 8. The van der Waals surface area contributed by atoms with Crippen molar-refractivity contribution >= 4 is 44.6 Å². The number of methoxy groups -OCH3 is 1. The molecule has 12 nitrogen and oxygen atoms in total. The minimum Gasteiger partial charge on any atom is -0.504 e. The molecule has 0 atom stereocenters. The van der Waals surface area contributed by atoms with Gasteiger partial charge in [0.1, 0.15) is 11.5 Å². The van der Waals surface area contributed by atoms with Crippen molar-refractivity contribution in [1.82, 2.24) is 20.3 Å². The van der Waals surface area contributed by atoms with Gasteiger partial charge in [-0.3, -0.25) is 4.79 Å². The molecular formula is C38H37N5O7. The van der Waals surface area contributed by atoms with Crippen molar-refractivity contribution in [3.05, 3.63) is 114 Å². The predicted octanol–water partition coefficient (Wildman–Crippen LogP) is 5.56. The highest BCUT2D eigenvalue weighted by molar-refractivity contribution is 5.94. The minimum absolute atomic E-state index is 0.0344. The third-order valence-corrected chi connectivity index (χ3v) is 8.39. The number of carbonyl (C=O) groups is 2. The van der Waals surface area contributed by atoms with Gasteiger partial charge in [0.2, 0.25) is 5.91 Å². The molecule has 0 fully saturated rings. The number of H-pyrrole nitrogens is 3. The van der Waals surface area contributed by atoms with Gasteiger partial charge < -0.3 is 50.8 Å². The molecule has 7 rings (SSSR count). The van der Waals surface area contributed by atoms with E-state index in [1.807, 2.05) is 61.1 Å². The number of nitrogens with one attached hydrogen (secondary N) is 4. The van der Waals surface area contributed by atoms with Crippen LogP contribution in [-0.4, -0.2) is 62.3 Å². The molecule has 9 N–H and O–H groups in total. The fraction of sp³-hybridized carbons (Fsp3) is 0.158. The molecule has 4 aromatic carbocycles. The zero-order chi connectivity index (χ0) is 35.2. The number of aromatic hydroxyl groups is 3. The molecule has 3 heterocycles. The fourth-order valence-corrected chi connectivity index (χ4v) is 5.81. The van der Waals surface area contributed by atoms with E-state index >= 15 is 0 Å². The molecule has 0 aliphatic carbocycles. The lowest BCUT2D eigenvalue weighted by molar-refractivity contribution is -0.120. The molecule has 3 aromatic heterocycles.